The van der Waals surface area contributed by atoms with E-state index < -0.39 is 17.7 Å². The number of carbonyl (C=O) groups excluding carboxylic acids is 1. The monoisotopic (exact) mass is 271 g/mol. The van der Waals surface area contributed by atoms with Crippen molar-refractivity contribution in [2.75, 3.05) is 6.54 Å². The molecule has 0 aromatic heterocycles. The van der Waals surface area contributed by atoms with Crippen molar-refractivity contribution >= 4 is 12.1 Å². The molecule has 0 aromatic carbocycles. The summed E-state index contributed by atoms with van der Waals surface area (Å²) in [6.45, 7) is 5.75. The fourth-order valence-electron chi connectivity index (χ4n) is 2.45. The predicted molar refractivity (Wildman–Crippen MR) is 66.9 cm³/mol. The SMILES string of the molecule is CC(C)(C)OC(=O)N1C[C@H](CC(=O)O)O[C@H]2CC[C@H]21. The van der Waals surface area contributed by atoms with E-state index >= 15 is 0 Å². The summed E-state index contributed by atoms with van der Waals surface area (Å²) in [5.74, 6) is -0.910. The standard InChI is InChI=1S/C13H21NO5/c1-13(2,3)19-12(17)14-7-8(6-11(15)16)18-10-5-4-9(10)14/h8-10H,4-7H2,1-3H3,(H,15,16)/t8-,9+,10-/m0/s1. The van der Waals surface area contributed by atoms with Gasteiger partial charge >= 0.3 is 12.1 Å². The first-order valence-corrected chi connectivity index (χ1v) is 6.63. The molecule has 1 aliphatic carbocycles. The lowest BCUT2D eigenvalue weighted by atomic mass is 9.85. The van der Waals surface area contributed by atoms with Crippen LogP contribution in [0.5, 0.6) is 0 Å². The van der Waals surface area contributed by atoms with Gasteiger partial charge < -0.3 is 14.6 Å². The Morgan fingerprint density at radius 1 is 1.37 bits per heavy atom. The fraction of sp³-hybridized carbons (Fsp3) is 0.846. The van der Waals surface area contributed by atoms with Crippen molar-refractivity contribution in [3.63, 3.8) is 0 Å². The van der Waals surface area contributed by atoms with Crippen molar-refractivity contribution in [2.45, 2.75) is 63.9 Å². The normalized spacial score (nSPS) is 30.3. The summed E-state index contributed by atoms with van der Waals surface area (Å²) < 4.78 is 11.0. The smallest absolute Gasteiger partial charge is 0.410 e. The van der Waals surface area contributed by atoms with Crippen LogP contribution in [-0.2, 0) is 14.3 Å². The highest BCUT2D eigenvalue weighted by Gasteiger charge is 2.46. The van der Waals surface area contributed by atoms with Gasteiger partial charge in [-0.3, -0.25) is 9.69 Å². The maximum Gasteiger partial charge on any atom is 0.410 e. The molecule has 1 heterocycles. The number of carbonyl (C=O) groups is 2. The molecule has 0 bridgehead atoms. The summed E-state index contributed by atoms with van der Waals surface area (Å²) in [7, 11) is 0. The summed E-state index contributed by atoms with van der Waals surface area (Å²) in [5, 5.41) is 8.83. The molecule has 0 spiro atoms. The van der Waals surface area contributed by atoms with Crippen LogP contribution in [0.1, 0.15) is 40.0 Å². The van der Waals surface area contributed by atoms with E-state index in [0.717, 1.165) is 12.8 Å². The molecule has 1 amide bonds. The van der Waals surface area contributed by atoms with Crippen molar-refractivity contribution in [1.29, 1.82) is 0 Å². The van der Waals surface area contributed by atoms with E-state index in [1.807, 2.05) is 20.8 Å². The van der Waals surface area contributed by atoms with Crippen LogP contribution in [0.4, 0.5) is 4.79 Å². The third-order valence-corrected chi connectivity index (χ3v) is 3.37. The second-order valence-corrected chi connectivity index (χ2v) is 6.17. The summed E-state index contributed by atoms with van der Waals surface area (Å²) in [4.78, 5) is 24.5. The van der Waals surface area contributed by atoms with Crippen molar-refractivity contribution in [2.24, 2.45) is 0 Å². The number of carboxylic acids is 1. The van der Waals surface area contributed by atoms with Crippen LogP contribution in [0.3, 0.4) is 0 Å². The molecule has 6 heteroatoms. The Morgan fingerprint density at radius 3 is 2.53 bits per heavy atom. The molecule has 19 heavy (non-hydrogen) atoms. The van der Waals surface area contributed by atoms with Crippen LogP contribution in [-0.4, -0.2) is 52.5 Å². The van der Waals surface area contributed by atoms with Crippen molar-refractivity contribution in [1.82, 2.24) is 4.90 Å². The number of fused-ring (bicyclic) bond motifs is 1. The molecule has 1 N–H and O–H groups in total. The van der Waals surface area contributed by atoms with Crippen molar-refractivity contribution < 1.29 is 24.2 Å². The third-order valence-electron chi connectivity index (χ3n) is 3.37. The van der Waals surface area contributed by atoms with E-state index in [-0.39, 0.29) is 24.7 Å². The highest BCUT2D eigenvalue weighted by molar-refractivity contribution is 5.70. The van der Waals surface area contributed by atoms with E-state index in [0.29, 0.717) is 6.54 Å². The molecule has 1 aliphatic heterocycles. The van der Waals surface area contributed by atoms with Gasteiger partial charge in [0.1, 0.15) is 5.60 Å². The molecule has 6 nitrogen and oxygen atoms in total. The quantitative estimate of drug-likeness (QED) is 0.826. The van der Waals surface area contributed by atoms with E-state index in [9.17, 15) is 9.59 Å². The Hall–Kier alpha value is -1.30. The molecule has 3 atom stereocenters. The Balaban J connectivity index is 2.01. The number of morpholine rings is 1. The third kappa shape index (κ3) is 3.37. The highest BCUT2D eigenvalue weighted by atomic mass is 16.6. The maximum absolute atomic E-state index is 12.1. The van der Waals surface area contributed by atoms with E-state index in [1.165, 1.54) is 0 Å². The van der Waals surface area contributed by atoms with Crippen molar-refractivity contribution in [3.05, 3.63) is 0 Å². The van der Waals surface area contributed by atoms with Gasteiger partial charge in [-0.15, -0.1) is 0 Å². The Kier molecular flexibility index (Phi) is 3.71. The summed E-state index contributed by atoms with van der Waals surface area (Å²) in [5.41, 5.74) is -0.545. The first kappa shape index (κ1) is 14.1. The molecular weight excluding hydrogens is 250 g/mol. The molecule has 0 aromatic rings. The van der Waals surface area contributed by atoms with Gasteiger partial charge in [-0.25, -0.2) is 4.79 Å². The number of rotatable bonds is 2. The van der Waals surface area contributed by atoms with Crippen LogP contribution in [0.2, 0.25) is 0 Å². The van der Waals surface area contributed by atoms with Gasteiger partial charge in [0, 0.05) is 0 Å². The first-order valence-electron chi connectivity index (χ1n) is 6.63. The first-order chi connectivity index (χ1) is 8.76. The second kappa shape index (κ2) is 5.00. The lowest BCUT2D eigenvalue weighted by Crippen LogP contribution is -2.62. The molecule has 2 fully saturated rings. The molecule has 2 aliphatic rings. The predicted octanol–water partition coefficient (Wildman–Crippen LogP) is 1.63. The Morgan fingerprint density at radius 2 is 2.05 bits per heavy atom. The summed E-state index contributed by atoms with van der Waals surface area (Å²) in [6, 6.07) is 0.0416. The van der Waals surface area contributed by atoms with Gasteiger partial charge in [0.05, 0.1) is 31.2 Å². The summed E-state index contributed by atoms with van der Waals surface area (Å²) in [6.07, 6.45) is 0.838. The fourth-order valence-corrected chi connectivity index (χ4v) is 2.45. The Labute approximate surface area is 112 Å². The average molecular weight is 271 g/mol. The average Bonchev–Trinajstić information content (AvgIpc) is 2.18. The zero-order chi connectivity index (χ0) is 14.2. The lowest BCUT2D eigenvalue weighted by molar-refractivity contribution is -0.168. The number of amides is 1. The van der Waals surface area contributed by atoms with Crippen LogP contribution in [0, 0.1) is 0 Å². The maximum atomic E-state index is 12.1. The van der Waals surface area contributed by atoms with E-state index in [2.05, 4.69) is 0 Å². The minimum absolute atomic E-state index is 0.0365. The molecule has 0 radical (unpaired) electrons. The number of ether oxygens (including phenoxy) is 2. The number of aliphatic carboxylic acids is 1. The molecule has 1 saturated heterocycles. The van der Waals surface area contributed by atoms with Crippen LogP contribution in [0.25, 0.3) is 0 Å². The Bertz CT molecular complexity index is 376. The van der Waals surface area contributed by atoms with E-state index in [1.54, 1.807) is 4.90 Å². The molecule has 0 unspecified atom stereocenters. The molecule has 108 valence electrons. The number of hydrogen-bond donors (Lipinski definition) is 1. The minimum atomic E-state index is -0.910. The van der Waals surface area contributed by atoms with Crippen LogP contribution < -0.4 is 0 Å². The zero-order valence-corrected chi connectivity index (χ0v) is 11.6. The summed E-state index contributed by atoms with van der Waals surface area (Å²) >= 11 is 0. The van der Waals surface area contributed by atoms with E-state index in [4.69, 9.17) is 14.6 Å². The largest absolute Gasteiger partial charge is 0.481 e. The number of hydrogen-bond acceptors (Lipinski definition) is 4. The van der Waals surface area contributed by atoms with Gasteiger partial charge in [-0.2, -0.15) is 0 Å². The number of carboxylic acid groups (broad SMARTS) is 1. The molecule has 1 saturated carbocycles. The molecular formula is C13H21NO5. The van der Waals surface area contributed by atoms with Gasteiger partial charge in [0.15, 0.2) is 0 Å². The van der Waals surface area contributed by atoms with Crippen LogP contribution in [0.15, 0.2) is 0 Å². The van der Waals surface area contributed by atoms with Crippen LogP contribution >= 0.6 is 0 Å². The van der Waals surface area contributed by atoms with Gasteiger partial charge in [0.2, 0.25) is 0 Å². The van der Waals surface area contributed by atoms with Gasteiger partial charge in [-0.1, -0.05) is 0 Å². The molecule has 2 rings (SSSR count). The van der Waals surface area contributed by atoms with Crippen molar-refractivity contribution in [3.8, 4) is 0 Å². The zero-order valence-electron chi connectivity index (χ0n) is 11.6. The van der Waals surface area contributed by atoms with Gasteiger partial charge in [-0.05, 0) is 33.6 Å². The topological polar surface area (TPSA) is 76.1 Å². The minimum Gasteiger partial charge on any atom is -0.481 e. The number of nitrogens with zero attached hydrogens (tertiary/aromatic N) is 1. The second-order valence-electron chi connectivity index (χ2n) is 6.17. The highest BCUT2D eigenvalue weighted by Crippen LogP contribution is 2.35. The lowest BCUT2D eigenvalue weighted by Gasteiger charge is -2.50. The van der Waals surface area contributed by atoms with Gasteiger partial charge in [0.25, 0.3) is 0 Å².